The summed E-state index contributed by atoms with van der Waals surface area (Å²) in [6, 6.07) is 20.7. The highest BCUT2D eigenvalue weighted by atomic mass is 16.5. The van der Waals surface area contributed by atoms with Crippen LogP contribution in [-0.2, 0) is 11.3 Å². The number of nitrogens with zero attached hydrogens (tertiary/aromatic N) is 4. The summed E-state index contributed by atoms with van der Waals surface area (Å²) in [5.41, 5.74) is 4.60. The standard InChI is InChI=1S/C29H27N7O3/c1-19-25(16-33-35-29(19)38)36-17-21-5-2-3-8-24(21)26(36)18-39-23-7-4-6-22(13-23)34-28(37)11-12-31-27-10-9-20(14-30)15-32-27/h2-10,13,15-16,26H,11-12,17-18H2,1H3,(H,31,32)(H,34,37)(H,35,38). The summed E-state index contributed by atoms with van der Waals surface area (Å²) in [5.74, 6) is 1.07. The Morgan fingerprint density at radius 1 is 1.18 bits per heavy atom. The molecule has 3 N–H and O–H groups in total. The number of rotatable bonds is 9. The molecule has 5 rings (SSSR count). The zero-order chi connectivity index (χ0) is 27.2. The van der Waals surface area contributed by atoms with Crippen molar-refractivity contribution >= 4 is 23.1 Å². The number of H-pyrrole nitrogens is 1. The molecular formula is C29H27N7O3. The second-order valence-corrected chi connectivity index (χ2v) is 9.16. The van der Waals surface area contributed by atoms with E-state index in [1.807, 2.05) is 36.4 Å². The van der Waals surface area contributed by atoms with Gasteiger partial charge in [-0.05, 0) is 42.3 Å². The number of nitriles is 1. The van der Waals surface area contributed by atoms with Gasteiger partial charge in [-0.3, -0.25) is 9.59 Å². The van der Waals surface area contributed by atoms with Crippen molar-refractivity contribution in [1.29, 1.82) is 5.26 Å². The molecule has 10 heteroatoms. The zero-order valence-electron chi connectivity index (χ0n) is 21.3. The molecule has 1 atom stereocenters. The van der Waals surface area contributed by atoms with Gasteiger partial charge in [-0.2, -0.15) is 10.4 Å². The van der Waals surface area contributed by atoms with Crippen LogP contribution in [0.2, 0.25) is 0 Å². The molecule has 1 unspecified atom stereocenters. The van der Waals surface area contributed by atoms with Gasteiger partial charge in [0, 0.05) is 43.0 Å². The summed E-state index contributed by atoms with van der Waals surface area (Å²) in [5, 5.41) is 21.3. The molecule has 1 aliphatic rings. The molecule has 0 spiro atoms. The lowest BCUT2D eigenvalue weighted by Gasteiger charge is -2.28. The third-order valence-electron chi connectivity index (χ3n) is 6.59. The minimum Gasteiger partial charge on any atom is -0.491 e. The van der Waals surface area contributed by atoms with Gasteiger partial charge in [0.2, 0.25) is 5.91 Å². The van der Waals surface area contributed by atoms with E-state index in [2.05, 4.69) is 42.8 Å². The van der Waals surface area contributed by atoms with E-state index in [4.69, 9.17) is 10.00 Å². The van der Waals surface area contributed by atoms with Gasteiger partial charge < -0.3 is 20.3 Å². The Morgan fingerprint density at radius 3 is 2.87 bits per heavy atom. The lowest BCUT2D eigenvalue weighted by atomic mass is 10.1. The molecule has 1 aliphatic heterocycles. The lowest BCUT2D eigenvalue weighted by Crippen LogP contribution is -2.29. The van der Waals surface area contributed by atoms with Crippen molar-refractivity contribution in [3.8, 4) is 11.8 Å². The average molecular weight is 522 g/mol. The van der Waals surface area contributed by atoms with Crippen LogP contribution in [0.5, 0.6) is 5.75 Å². The van der Waals surface area contributed by atoms with Crippen LogP contribution < -0.4 is 25.8 Å². The fourth-order valence-corrected chi connectivity index (χ4v) is 4.57. The molecule has 10 nitrogen and oxygen atoms in total. The van der Waals surface area contributed by atoms with Gasteiger partial charge in [0.25, 0.3) is 5.56 Å². The Balaban J connectivity index is 1.21. The first-order chi connectivity index (χ1) is 19.0. The number of hydrogen-bond acceptors (Lipinski definition) is 8. The third-order valence-corrected chi connectivity index (χ3v) is 6.59. The summed E-state index contributed by atoms with van der Waals surface area (Å²) in [4.78, 5) is 31.0. The number of hydrogen-bond donors (Lipinski definition) is 3. The highest BCUT2D eigenvalue weighted by molar-refractivity contribution is 5.91. The summed E-state index contributed by atoms with van der Waals surface area (Å²) in [6.07, 6.45) is 3.40. The first-order valence-corrected chi connectivity index (χ1v) is 12.5. The number of fused-ring (bicyclic) bond motifs is 1. The average Bonchev–Trinajstić information content (AvgIpc) is 3.32. The molecule has 4 aromatic rings. The summed E-state index contributed by atoms with van der Waals surface area (Å²) in [6.45, 7) is 3.19. The lowest BCUT2D eigenvalue weighted by molar-refractivity contribution is -0.115. The summed E-state index contributed by atoms with van der Waals surface area (Å²) >= 11 is 0. The Hall–Kier alpha value is -5.17. The molecule has 1 amide bonds. The predicted molar refractivity (Wildman–Crippen MR) is 148 cm³/mol. The quantitative estimate of drug-likeness (QED) is 0.301. The minimum atomic E-state index is -0.213. The maximum Gasteiger partial charge on any atom is 0.269 e. The van der Waals surface area contributed by atoms with Crippen molar-refractivity contribution in [2.45, 2.75) is 25.9 Å². The molecule has 3 heterocycles. The van der Waals surface area contributed by atoms with Crippen LogP contribution in [-0.4, -0.2) is 34.2 Å². The van der Waals surface area contributed by atoms with Crippen molar-refractivity contribution in [2.75, 3.05) is 28.7 Å². The van der Waals surface area contributed by atoms with Gasteiger partial charge in [-0.1, -0.05) is 30.3 Å². The SMILES string of the molecule is Cc1c(N2Cc3ccccc3C2COc2cccc(NC(=O)CCNc3ccc(C#N)cn3)c2)cn[nH]c1=O. The number of nitrogens with one attached hydrogen (secondary N) is 3. The Labute approximate surface area is 225 Å². The number of carbonyl (C=O) groups excluding carboxylic acids is 1. The van der Waals surface area contributed by atoms with Crippen LogP contribution in [0.1, 0.15) is 34.7 Å². The van der Waals surface area contributed by atoms with Crippen LogP contribution in [0, 0.1) is 18.3 Å². The molecule has 2 aromatic carbocycles. The minimum absolute atomic E-state index is 0.108. The van der Waals surface area contributed by atoms with Crippen LogP contribution in [0.15, 0.2) is 77.9 Å². The molecule has 39 heavy (non-hydrogen) atoms. The number of aromatic amines is 1. The number of ether oxygens (including phenoxy) is 1. The van der Waals surface area contributed by atoms with Gasteiger partial charge >= 0.3 is 0 Å². The normalized spacial score (nSPS) is 13.8. The van der Waals surface area contributed by atoms with E-state index in [1.54, 1.807) is 31.3 Å². The first-order valence-electron chi connectivity index (χ1n) is 12.5. The fourth-order valence-electron chi connectivity index (χ4n) is 4.57. The van der Waals surface area contributed by atoms with E-state index in [0.29, 0.717) is 48.1 Å². The van der Waals surface area contributed by atoms with Crippen LogP contribution in [0.4, 0.5) is 17.2 Å². The maximum absolute atomic E-state index is 12.5. The van der Waals surface area contributed by atoms with E-state index < -0.39 is 0 Å². The Kier molecular flexibility index (Phi) is 7.50. The van der Waals surface area contributed by atoms with E-state index in [9.17, 15) is 9.59 Å². The molecule has 0 fully saturated rings. The molecule has 0 saturated heterocycles. The number of amides is 1. The van der Waals surface area contributed by atoms with Gasteiger partial charge in [-0.15, -0.1) is 0 Å². The largest absolute Gasteiger partial charge is 0.491 e. The van der Waals surface area contributed by atoms with E-state index in [-0.39, 0.29) is 23.9 Å². The van der Waals surface area contributed by atoms with E-state index in [1.165, 1.54) is 11.8 Å². The highest BCUT2D eigenvalue weighted by Crippen LogP contribution is 2.38. The van der Waals surface area contributed by atoms with Crippen LogP contribution in [0.3, 0.4) is 0 Å². The summed E-state index contributed by atoms with van der Waals surface area (Å²) < 4.78 is 6.21. The monoisotopic (exact) mass is 521 g/mol. The molecule has 0 radical (unpaired) electrons. The predicted octanol–water partition coefficient (Wildman–Crippen LogP) is 3.93. The maximum atomic E-state index is 12.5. The van der Waals surface area contributed by atoms with Gasteiger partial charge in [0.1, 0.15) is 24.2 Å². The summed E-state index contributed by atoms with van der Waals surface area (Å²) in [7, 11) is 0. The van der Waals surface area contributed by atoms with Gasteiger partial charge in [0.05, 0.1) is 23.5 Å². The number of anilines is 3. The van der Waals surface area contributed by atoms with Crippen molar-refractivity contribution in [1.82, 2.24) is 15.2 Å². The Bertz CT molecular complexity index is 1580. The molecular weight excluding hydrogens is 494 g/mol. The number of pyridine rings is 1. The van der Waals surface area contributed by atoms with Crippen molar-refractivity contribution in [2.24, 2.45) is 0 Å². The van der Waals surface area contributed by atoms with E-state index >= 15 is 0 Å². The fraction of sp³-hybridized carbons (Fsp3) is 0.207. The van der Waals surface area contributed by atoms with Crippen molar-refractivity contribution in [3.63, 3.8) is 0 Å². The molecule has 0 aliphatic carbocycles. The van der Waals surface area contributed by atoms with Gasteiger partial charge in [0.15, 0.2) is 0 Å². The highest BCUT2D eigenvalue weighted by Gasteiger charge is 2.32. The third kappa shape index (κ3) is 5.88. The second-order valence-electron chi connectivity index (χ2n) is 9.16. The van der Waals surface area contributed by atoms with Crippen molar-refractivity contribution < 1.29 is 9.53 Å². The number of benzene rings is 2. The second kappa shape index (κ2) is 11.5. The van der Waals surface area contributed by atoms with Gasteiger partial charge in [-0.25, -0.2) is 10.1 Å². The smallest absolute Gasteiger partial charge is 0.269 e. The molecule has 2 aromatic heterocycles. The Morgan fingerprint density at radius 2 is 2.05 bits per heavy atom. The number of aromatic nitrogens is 3. The molecule has 0 bridgehead atoms. The zero-order valence-corrected chi connectivity index (χ0v) is 21.3. The molecule has 196 valence electrons. The number of carbonyl (C=O) groups is 1. The topological polar surface area (TPSA) is 136 Å². The van der Waals surface area contributed by atoms with E-state index in [0.717, 1.165) is 11.3 Å². The van der Waals surface area contributed by atoms with Crippen LogP contribution >= 0.6 is 0 Å². The van der Waals surface area contributed by atoms with Crippen molar-refractivity contribution in [3.05, 3.63) is 106 Å². The molecule has 0 saturated carbocycles. The van der Waals surface area contributed by atoms with Crippen LogP contribution in [0.25, 0.3) is 0 Å². The first kappa shape index (κ1) is 25.5.